The van der Waals surface area contributed by atoms with Crippen LogP contribution in [0, 0.1) is 6.92 Å². The van der Waals surface area contributed by atoms with Crippen molar-refractivity contribution < 1.29 is 0 Å². The number of benzene rings is 1. The smallest absolute Gasteiger partial charge is 0.0650 e. The molecule has 0 amide bonds. The first-order valence-corrected chi connectivity index (χ1v) is 5.27. The van der Waals surface area contributed by atoms with Gasteiger partial charge >= 0.3 is 0 Å². The standard InChI is InChI=1S/C10H9BrClN/c1-5-3-7-4-13-6(2)8(7)9(11)10(5)12/h3H,4H2,1-2H3. The Labute approximate surface area is 91.0 Å². The Kier molecular flexibility index (Phi) is 2.20. The first kappa shape index (κ1) is 9.22. The lowest BCUT2D eigenvalue weighted by Gasteiger charge is -2.07. The van der Waals surface area contributed by atoms with E-state index in [1.807, 2.05) is 13.8 Å². The van der Waals surface area contributed by atoms with Gasteiger partial charge in [-0.2, -0.15) is 0 Å². The highest BCUT2D eigenvalue weighted by molar-refractivity contribution is 9.10. The molecule has 0 radical (unpaired) electrons. The van der Waals surface area contributed by atoms with Crippen molar-refractivity contribution in [2.75, 3.05) is 0 Å². The molecule has 1 aromatic rings. The van der Waals surface area contributed by atoms with Crippen LogP contribution in [0.5, 0.6) is 0 Å². The van der Waals surface area contributed by atoms with Gasteiger partial charge in [0, 0.05) is 15.7 Å². The van der Waals surface area contributed by atoms with E-state index < -0.39 is 0 Å². The third-order valence-corrected chi connectivity index (χ3v) is 3.83. The Balaban J connectivity index is 2.74. The lowest BCUT2D eigenvalue weighted by atomic mass is 10.0. The van der Waals surface area contributed by atoms with Crippen molar-refractivity contribution >= 4 is 33.2 Å². The van der Waals surface area contributed by atoms with Crippen LogP contribution >= 0.6 is 27.5 Å². The summed E-state index contributed by atoms with van der Waals surface area (Å²) in [4.78, 5) is 4.38. The molecule has 0 aliphatic carbocycles. The number of halogens is 2. The lowest BCUT2D eigenvalue weighted by molar-refractivity contribution is 1.10. The second kappa shape index (κ2) is 3.10. The average molecular weight is 259 g/mol. The van der Waals surface area contributed by atoms with E-state index in [9.17, 15) is 0 Å². The molecule has 1 aliphatic heterocycles. The molecule has 0 saturated carbocycles. The van der Waals surface area contributed by atoms with Crippen molar-refractivity contribution in [3.63, 3.8) is 0 Å². The van der Waals surface area contributed by atoms with Crippen LogP contribution in [0.15, 0.2) is 15.5 Å². The van der Waals surface area contributed by atoms with E-state index in [0.29, 0.717) is 0 Å². The fraction of sp³-hybridized carbons (Fsp3) is 0.300. The number of rotatable bonds is 0. The summed E-state index contributed by atoms with van der Waals surface area (Å²) in [6, 6.07) is 2.11. The average Bonchev–Trinajstić information content (AvgIpc) is 2.43. The van der Waals surface area contributed by atoms with E-state index in [1.54, 1.807) is 0 Å². The van der Waals surface area contributed by atoms with Crippen molar-refractivity contribution in [3.8, 4) is 0 Å². The number of hydrogen-bond acceptors (Lipinski definition) is 1. The van der Waals surface area contributed by atoms with Crippen LogP contribution in [0.25, 0.3) is 0 Å². The zero-order valence-corrected chi connectivity index (χ0v) is 9.83. The molecular formula is C10H9BrClN. The van der Waals surface area contributed by atoms with Crippen molar-refractivity contribution in [1.82, 2.24) is 0 Å². The van der Waals surface area contributed by atoms with Crippen LogP contribution < -0.4 is 0 Å². The zero-order valence-electron chi connectivity index (χ0n) is 7.49. The van der Waals surface area contributed by atoms with Gasteiger partial charge < -0.3 is 0 Å². The minimum atomic E-state index is 0.789. The Morgan fingerprint density at radius 2 is 2.15 bits per heavy atom. The molecule has 3 heteroatoms. The molecule has 0 spiro atoms. The third kappa shape index (κ3) is 1.32. The predicted molar refractivity (Wildman–Crippen MR) is 59.8 cm³/mol. The Morgan fingerprint density at radius 3 is 2.85 bits per heavy atom. The minimum Gasteiger partial charge on any atom is -0.285 e. The molecule has 0 unspecified atom stereocenters. The van der Waals surface area contributed by atoms with E-state index in [2.05, 4.69) is 27.0 Å². The second-order valence-electron chi connectivity index (χ2n) is 3.26. The van der Waals surface area contributed by atoms with Crippen molar-refractivity contribution in [2.45, 2.75) is 20.4 Å². The summed E-state index contributed by atoms with van der Waals surface area (Å²) in [6.07, 6.45) is 0. The number of aryl methyl sites for hydroxylation is 1. The van der Waals surface area contributed by atoms with E-state index in [1.165, 1.54) is 11.1 Å². The van der Waals surface area contributed by atoms with Gasteiger partial charge in [-0.1, -0.05) is 17.7 Å². The van der Waals surface area contributed by atoms with Crippen LogP contribution in [0.4, 0.5) is 0 Å². The first-order valence-electron chi connectivity index (χ1n) is 4.10. The van der Waals surface area contributed by atoms with Crippen molar-refractivity contribution in [2.24, 2.45) is 4.99 Å². The summed E-state index contributed by atoms with van der Waals surface area (Å²) >= 11 is 9.63. The number of nitrogens with zero attached hydrogens (tertiary/aromatic N) is 1. The van der Waals surface area contributed by atoms with Gasteiger partial charge in [-0.25, -0.2) is 0 Å². The molecule has 0 atom stereocenters. The normalized spacial score (nSPS) is 14.3. The lowest BCUT2D eigenvalue weighted by Crippen LogP contribution is -1.95. The zero-order chi connectivity index (χ0) is 9.59. The molecule has 0 fully saturated rings. The molecule has 0 bridgehead atoms. The van der Waals surface area contributed by atoms with Gasteiger partial charge in [0.05, 0.1) is 11.6 Å². The largest absolute Gasteiger partial charge is 0.285 e. The minimum absolute atomic E-state index is 0.789. The van der Waals surface area contributed by atoms with Gasteiger partial charge in [0.25, 0.3) is 0 Å². The van der Waals surface area contributed by atoms with Crippen LogP contribution in [0.1, 0.15) is 23.6 Å². The van der Waals surface area contributed by atoms with Gasteiger partial charge in [0.2, 0.25) is 0 Å². The summed E-state index contributed by atoms with van der Waals surface area (Å²) in [7, 11) is 0. The Morgan fingerprint density at radius 1 is 1.46 bits per heavy atom. The van der Waals surface area contributed by atoms with E-state index in [0.717, 1.165) is 27.3 Å². The van der Waals surface area contributed by atoms with Crippen molar-refractivity contribution in [1.29, 1.82) is 0 Å². The molecule has 0 saturated heterocycles. The monoisotopic (exact) mass is 257 g/mol. The van der Waals surface area contributed by atoms with Gasteiger partial charge in [-0.3, -0.25) is 4.99 Å². The van der Waals surface area contributed by atoms with Crippen LogP contribution in [-0.4, -0.2) is 5.71 Å². The SMILES string of the molecule is CC1=NCc2cc(C)c(Cl)c(Br)c21. The number of hydrogen-bond donors (Lipinski definition) is 0. The highest BCUT2D eigenvalue weighted by Crippen LogP contribution is 2.35. The quantitative estimate of drug-likeness (QED) is 0.672. The molecule has 1 nitrogen and oxygen atoms in total. The molecule has 0 N–H and O–H groups in total. The molecule has 1 aliphatic rings. The molecule has 2 rings (SSSR count). The van der Waals surface area contributed by atoms with Gasteiger partial charge in [0.1, 0.15) is 0 Å². The van der Waals surface area contributed by atoms with Gasteiger partial charge in [-0.05, 0) is 40.9 Å². The Hall–Kier alpha value is -0.340. The molecule has 68 valence electrons. The first-order chi connectivity index (χ1) is 6.11. The fourth-order valence-corrected chi connectivity index (χ4v) is 2.62. The van der Waals surface area contributed by atoms with Crippen LogP contribution in [-0.2, 0) is 6.54 Å². The topological polar surface area (TPSA) is 12.4 Å². The predicted octanol–water partition coefficient (Wildman–Crippen LogP) is 3.73. The van der Waals surface area contributed by atoms with E-state index in [4.69, 9.17) is 11.6 Å². The molecule has 1 aromatic carbocycles. The van der Waals surface area contributed by atoms with Crippen LogP contribution in [0.2, 0.25) is 5.02 Å². The number of aliphatic imine (C=N–C) groups is 1. The van der Waals surface area contributed by atoms with Crippen LogP contribution in [0.3, 0.4) is 0 Å². The molecule has 1 heterocycles. The third-order valence-electron chi connectivity index (χ3n) is 2.32. The van der Waals surface area contributed by atoms with Gasteiger partial charge in [-0.15, -0.1) is 0 Å². The fourth-order valence-electron chi connectivity index (χ4n) is 1.62. The molecular weight excluding hydrogens is 249 g/mol. The maximum atomic E-state index is 6.12. The van der Waals surface area contributed by atoms with E-state index >= 15 is 0 Å². The molecule has 13 heavy (non-hydrogen) atoms. The van der Waals surface area contributed by atoms with Crippen molar-refractivity contribution in [3.05, 3.63) is 32.3 Å². The molecule has 0 aromatic heterocycles. The van der Waals surface area contributed by atoms with E-state index in [-0.39, 0.29) is 0 Å². The second-order valence-corrected chi connectivity index (χ2v) is 4.43. The number of fused-ring (bicyclic) bond motifs is 1. The summed E-state index contributed by atoms with van der Waals surface area (Å²) in [5.74, 6) is 0. The summed E-state index contributed by atoms with van der Waals surface area (Å²) in [5, 5.41) is 0.801. The summed E-state index contributed by atoms with van der Waals surface area (Å²) < 4.78 is 0.989. The summed E-state index contributed by atoms with van der Waals surface area (Å²) in [6.45, 7) is 4.82. The summed E-state index contributed by atoms with van der Waals surface area (Å²) in [5.41, 5.74) is 4.63. The highest BCUT2D eigenvalue weighted by atomic mass is 79.9. The van der Waals surface area contributed by atoms with Gasteiger partial charge in [0.15, 0.2) is 0 Å². The maximum absolute atomic E-state index is 6.12. The highest BCUT2D eigenvalue weighted by Gasteiger charge is 2.18. The maximum Gasteiger partial charge on any atom is 0.0650 e. The Bertz CT molecular complexity index is 410.